The van der Waals surface area contributed by atoms with Crippen LogP contribution in [0.25, 0.3) is 21.8 Å². The van der Waals surface area contributed by atoms with E-state index in [-0.39, 0.29) is 17.7 Å². The third-order valence-electron chi connectivity index (χ3n) is 8.93. The zero-order chi connectivity index (χ0) is 41.4. The monoisotopic (exact) mass is 795 g/mol. The molecule has 6 N–H and O–H groups in total. The number of aliphatic carboxylic acids is 1. The number of sulfonamides is 1. The molecule has 16 heteroatoms. The van der Waals surface area contributed by atoms with Crippen molar-refractivity contribution < 1.29 is 47.0 Å². The van der Waals surface area contributed by atoms with E-state index in [1.165, 1.54) is 6.07 Å². The van der Waals surface area contributed by atoms with Gasteiger partial charge in [-0.1, -0.05) is 72.8 Å². The Bertz CT molecular complexity index is 2600. The number of hydrogen-bond donors (Lipinski definition) is 4. The van der Waals surface area contributed by atoms with Gasteiger partial charge in [-0.25, -0.2) is 13.2 Å². The van der Waals surface area contributed by atoms with E-state index in [1.54, 1.807) is 29.8 Å². The van der Waals surface area contributed by atoms with E-state index in [9.17, 15) is 32.4 Å². The molecule has 0 aliphatic heterocycles. The lowest BCUT2D eigenvalue weighted by Crippen LogP contribution is -2.33. The Morgan fingerprint density at radius 1 is 0.684 bits per heavy atom. The second-order valence-corrected chi connectivity index (χ2v) is 14.8. The molecular weight excluding hydrogens is 755 g/mol. The molecule has 296 valence electrons. The highest BCUT2D eigenvalue weighted by Crippen LogP contribution is 2.36. The number of primary amides is 2. The Kier molecular flexibility index (Phi) is 12.8. The molecule has 6 aromatic rings. The highest BCUT2D eigenvalue weighted by Gasteiger charge is 2.26. The number of nitrogens with two attached hydrogens (primary N) is 2. The first kappa shape index (κ1) is 41.2. The smallest absolute Gasteiger partial charge is 0.341 e. The first-order valence-corrected chi connectivity index (χ1v) is 19.4. The number of nitrogens with zero attached hydrogens (tertiary/aromatic N) is 2. The molecule has 2 aromatic heterocycles. The molecule has 4 aromatic carbocycles. The summed E-state index contributed by atoms with van der Waals surface area (Å²) in [5, 5.41) is 9.97. The van der Waals surface area contributed by atoms with Crippen molar-refractivity contribution in [2.24, 2.45) is 11.5 Å². The van der Waals surface area contributed by atoms with E-state index < -0.39 is 52.7 Å². The molecular formula is C41H41N5O10S. The fraction of sp³-hybridized carbons (Fsp3) is 0.195. The van der Waals surface area contributed by atoms with Gasteiger partial charge in [0.15, 0.2) is 13.2 Å². The standard InChI is InChI=1S/C21H21N3O6S.C20H20N2O4/c1-13-18(20(26)21(22)27)19-15(24(13)11-14-7-4-3-5-8-14)9-6-10-16(19)30-12-17(25)23-31(2,28)29;1-13-15(10-18(21)23)20-16(8-5-9-17(20)26-12-19(24)25)22(13)11-14-6-3-2-4-7-14/h3-10H,11-12H2,1-2H3,(H2,22,27)(H,23,25);2-9H,10-12H2,1H3,(H2,21,23)(H,24,25). The zero-order valence-corrected chi connectivity index (χ0v) is 32.2. The summed E-state index contributed by atoms with van der Waals surface area (Å²) in [6, 6.07) is 29.9. The Morgan fingerprint density at radius 2 is 1.18 bits per heavy atom. The van der Waals surface area contributed by atoms with E-state index in [0.717, 1.165) is 39.5 Å². The van der Waals surface area contributed by atoms with Gasteiger partial charge in [0.05, 0.1) is 34.7 Å². The van der Waals surface area contributed by atoms with Crippen LogP contribution in [0.2, 0.25) is 0 Å². The number of amides is 3. The molecule has 3 amide bonds. The Labute approximate surface area is 327 Å². The van der Waals surface area contributed by atoms with Crippen LogP contribution in [0.15, 0.2) is 97.1 Å². The number of ether oxygens (including phenoxy) is 2. The third-order valence-corrected chi connectivity index (χ3v) is 9.53. The van der Waals surface area contributed by atoms with Gasteiger partial charge in [0, 0.05) is 29.9 Å². The maximum absolute atomic E-state index is 12.6. The molecule has 0 aliphatic carbocycles. The summed E-state index contributed by atoms with van der Waals surface area (Å²) < 4.78 is 39.2. The molecule has 0 spiro atoms. The lowest BCUT2D eigenvalue weighted by atomic mass is 10.1. The molecule has 0 fully saturated rings. The third kappa shape index (κ3) is 10.0. The van der Waals surface area contributed by atoms with Crippen molar-refractivity contribution in [3.05, 3.63) is 131 Å². The maximum Gasteiger partial charge on any atom is 0.341 e. The van der Waals surface area contributed by atoms with Crippen LogP contribution in [0.1, 0.15) is 38.4 Å². The molecule has 57 heavy (non-hydrogen) atoms. The zero-order valence-electron chi connectivity index (χ0n) is 31.4. The van der Waals surface area contributed by atoms with E-state index in [0.29, 0.717) is 35.4 Å². The quantitative estimate of drug-likeness (QED) is 0.0871. The van der Waals surface area contributed by atoms with Crippen LogP contribution >= 0.6 is 0 Å². The van der Waals surface area contributed by atoms with Gasteiger partial charge >= 0.3 is 5.97 Å². The molecule has 6 rings (SSSR count). The molecule has 0 unspecified atom stereocenters. The highest BCUT2D eigenvalue weighted by atomic mass is 32.2. The van der Waals surface area contributed by atoms with Gasteiger partial charge in [0.25, 0.3) is 17.6 Å². The molecule has 0 bridgehead atoms. The predicted molar refractivity (Wildman–Crippen MR) is 212 cm³/mol. The van der Waals surface area contributed by atoms with Crippen LogP contribution in [-0.4, -0.2) is 71.6 Å². The minimum Gasteiger partial charge on any atom is -0.483 e. The molecule has 0 aliphatic rings. The number of carboxylic acids is 1. The van der Waals surface area contributed by atoms with Crippen molar-refractivity contribution in [1.82, 2.24) is 13.9 Å². The Morgan fingerprint density at radius 3 is 1.67 bits per heavy atom. The molecule has 0 radical (unpaired) electrons. The summed E-state index contributed by atoms with van der Waals surface area (Å²) in [6.45, 7) is 3.64. The number of ketones is 1. The fourth-order valence-corrected chi connectivity index (χ4v) is 7.03. The first-order chi connectivity index (χ1) is 27.1. The van der Waals surface area contributed by atoms with Crippen molar-refractivity contribution in [1.29, 1.82) is 0 Å². The summed E-state index contributed by atoms with van der Waals surface area (Å²) in [6.07, 6.45) is 0.917. The Hall–Kier alpha value is -6.94. The van der Waals surface area contributed by atoms with E-state index in [2.05, 4.69) is 4.57 Å². The van der Waals surface area contributed by atoms with E-state index >= 15 is 0 Å². The highest BCUT2D eigenvalue weighted by molar-refractivity contribution is 7.89. The molecule has 0 saturated heterocycles. The number of hydrogen-bond acceptors (Lipinski definition) is 9. The lowest BCUT2D eigenvalue weighted by Gasteiger charge is -2.10. The minimum atomic E-state index is -3.74. The lowest BCUT2D eigenvalue weighted by molar-refractivity contribution is -0.139. The van der Waals surface area contributed by atoms with E-state index in [4.69, 9.17) is 26.0 Å². The molecule has 2 heterocycles. The molecule has 0 saturated carbocycles. The number of Topliss-reactive ketones (excluding diaryl/α,β-unsaturated/α-hetero) is 1. The normalized spacial score (nSPS) is 11.1. The average molecular weight is 796 g/mol. The number of aromatic nitrogens is 2. The second kappa shape index (κ2) is 17.7. The maximum atomic E-state index is 12.6. The average Bonchev–Trinajstić information content (AvgIpc) is 3.58. The SMILES string of the molecule is Cc1c(C(=O)C(N)=O)c2c(OCC(=O)NS(C)(=O)=O)cccc2n1Cc1ccccc1.Cc1c(CC(N)=O)c2c(OCC(=O)O)cccc2n1Cc1ccccc1. The topological polar surface area (TPSA) is 232 Å². The first-order valence-electron chi connectivity index (χ1n) is 17.5. The van der Waals surface area contributed by atoms with Gasteiger partial charge in [0.1, 0.15) is 11.5 Å². The largest absolute Gasteiger partial charge is 0.483 e. The van der Waals surface area contributed by atoms with Crippen LogP contribution in [0.3, 0.4) is 0 Å². The molecule has 0 atom stereocenters. The van der Waals surface area contributed by atoms with Gasteiger partial charge in [-0.3, -0.25) is 23.9 Å². The van der Waals surface area contributed by atoms with Crippen molar-refractivity contribution in [3.63, 3.8) is 0 Å². The number of carboxylic acid groups (broad SMARTS) is 1. The summed E-state index contributed by atoms with van der Waals surface area (Å²) in [5.41, 5.74) is 16.5. The van der Waals surface area contributed by atoms with Crippen LogP contribution in [0, 0.1) is 13.8 Å². The van der Waals surface area contributed by atoms with Gasteiger partial charge < -0.3 is 35.2 Å². The second-order valence-electron chi connectivity index (χ2n) is 13.1. The number of rotatable bonds is 15. The van der Waals surface area contributed by atoms with Crippen molar-refractivity contribution in [3.8, 4) is 11.5 Å². The van der Waals surface area contributed by atoms with Crippen molar-refractivity contribution in [2.45, 2.75) is 33.4 Å². The summed E-state index contributed by atoms with van der Waals surface area (Å²) in [5.74, 6) is -3.78. The number of carbonyl (C=O) groups excluding carboxylic acids is 4. The van der Waals surface area contributed by atoms with Crippen molar-refractivity contribution in [2.75, 3.05) is 19.5 Å². The number of fused-ring (bicyclic) bond motifs is 2. The van der Waals surface area contributed by atoms with Gasteiger partial charge in [-0.2, -0.15) is 0 Å². The van der Waals surface area contributed by atoms with Crippen LogP contribution in [0.5, 0.6) is 11.5 Å². The number of nitrogens with one attached hydrogen (secondary N) is 1. The predicted octanol–water partition coefficient (Wildman–Crippen LogP) is 3.61. The van der Waals surface area contributed by atoms with Crippen molar-refractivity contribution >= 4 is 61.3 Å². The summed E-state index contributed by atoms with van der Waals surface area (Å²) >= 11 is 0. The van der Waals surface area contributed by atoms with Gasteiger partial charge in [-0.15, -0.1) is 0 Å². The summed E-state index contributed by atoms with van der Waals surface area (Å²) in [4.78, 5) is 58.6. The van der Waals surface area contributed by atoms with Crippen LogP contribution in [-0.2, 0) is 48.7 Å². The number of benzene rings is 4. The van der Waals surface area contributed by atoms with Crippen LogP contribution < -0.4 is 25.7 Å². The van der Waals surface area contributed by atoms with E-state index in [1.807, 2.05) is 84.3 Å². The van der Waals surface area contributed by atoms with Gasteiger partial charge in [0.2, 0.25) is 15.9 Å². The number of carbonyl (C=O) groups is 5. The summed E-state index contributed by atoms with van der Waals surface area (Å²) in [7, 11) is -3.74. The van der Waals surface area contributed by atoms with Gasteiger partial charge in [-0.05, 0) is 54.8 Å². The molecule has 15 nitrogen and oxygen atoms in total. The minimum absolute atomic E-state index is 0.0670. The Balaban J connectivity index is 0.000000221. The fourth-order valence-electron chi connectivity index (χ4n) is 6.56. The van der Waals surface area contributed by atoms with Crippen LogP contribution in [0.4, 0.5) is 0 Å².